The first kappa shape index (κ1) is 14.7. The Morgan fingerprint density at radius 3 is 2.90 bits per heavy atom. The van der Waals surface area contributed by atoms with Gasteiger partial charge >= 0.3 is 12.0 Å². The van der Waals surface area contributed by atoms with Gasteiger partial charge in [-0.25, -0.2) is 9.59 Å². The number of aromatic nitrogens is 1. The molecule has 7 heteroatoms. The second-order valence-corrected chi connectivity index (χ2v) is 4.31. The van der Waals surface area contributed by atoms with Gasteiger partial charge in [0.15, 0.2) is 6.10 Å². The summed E-state index contributed by atoms with van der Waals surface area (Å²) in [6.07, 6.45) is 0.621. The molecule has 2 rings (SSSR count). The number of carbonyl (C=O) groups excluding carboxylic acids is 1. The van der Waals surface area contributed by atoms with Crippen molar-refractivity contribution < 1.29 is 19.4 Å². The van der Waals surface area contributed by atoms with E-state index in [0.29, 0.717) is 5.69 Å². The second-order valence-electron chi connectivity index (χ2n) is 4.31. The Balaban J connectivity index is 1.96. The number of methoxy groups -OCH3 is 1. The Morgan fingerprint density at radius 2 is 2.19 bits per heavy atom. The fraction of sp³-hybridized carbons (Fsp3) is 0.214. The Labute approximate surface area is 120 Å². The number of pyridine rings is 1. The van der Waals surface area contributed by atoms with Gasteiger partial charge in [-0.05, 0) is 24.3 Å². The molecule has 0 saturated heterocycles. The van der Waals surface area contributed by atoms with Crippen molar-refractivity contribution in [2.75, 3.05) is 19.0 Å². The highest BCUT2D eigenvalue weighted by molar-refractivity contribution is 5.92. The molecule has 1 unspecified atom stereocenters. The van der Waals surface area contributed by atoms with Crippen LogP contribution in [0.5, 0.6) is 0 Å². The van der Waals surface area contributed by atoms with E-state index < -0.39 is 18.1 Å². The van der Waals surface area contributed by atoms with Crippen LogP contribution in [-0.2, 0) is 9.53 Å². The molecule has 1 heterocycles. The Morgan fingerprint density at radius 1 is 1.38 bits per heavy atom. The molecule has 21 heavy (non-hydrogen) atoms. The molecule has 7 nitrogen and oxygen atoms in total. The number of amides is 2. The van der Waals surface area contributed by atoms with E-state index in [9.17, 15) is 9.59 Å². The van der Waals surface area contributed by atoms with Crippen LogP contribution in [-0.4, -0.2) is 41.8 Å². The first-order valence-electron chi connectivity index (χ1n) is 6.25. The van der Waals surface area contributed by atoms with Crippen molar-refractivity contribution in [2.24, 2.45) is 0 Å². The van der Waals surface area contributed by atoms with Crippen molar-refractivity contribution >= 4 is 28.6 Å². The molecule has 0 fully saturated rings. The molecular weight excluding hydrogens is 274 g/mol. The minimum Gasteiger partial charge on any atom is -0.479 e. The van der Waals surface area contributed by atoms with Gasteiger partial charge in [0, 0.05) is 24.4 Å². The van der Waals surface area contributed by atoms with Crippen LogP contribution < -0.4 is 10.6 Å². The standard InChI is InChI=1S/C14H15N3O4/c1-21-12(13(18)19)8-16-14(20)17-10-4-5-11-9(7-10)3-2-6-15-11/h2-7,12H,8H2,1H3,(H,18,19)(H2,16,17,20). The van der Waals surface area contributed by atoms with Crippen molar-refractivity contribution in [3.8, 4) is 0 Å². The van der Waals surface area contributed by atoms with Crippen molar-refractivity contribution in [3.05, 3.63) is 36.5 Å². The van der Waals surface area contributed by atoms with Gasteiger partial charge in [-0.3, -0.25) is 4.98 Å². The van der Waals surface area contributed by atoms with E-state index in [1.165, 1.54) is 7.11 Å². The number of aliphatic carboxylic acids is 1. The molecule has 110 valence electrons. The zero-order chi connectivity index (χ0) is 15.2. The van der Waals surface area contributed by atoms with E-state index in [0.717, 1.165) is 10.9 Å². The fourth-order valence-corrected chi connectivity index (χ4v) is 1.79. The average Bonchev–Trinajstić information content (AvgIpc) is 2.47. The number of urea groups is 1. The van der Waals surface area contributed by atoms with E-state index in [4.69, 9.17) is 9.84 Å². The Kier molecular flexibility index (Phi) is 4.68. The summed E-state index contributed by atoms with van der Waals surface area (Å²) >= 11 is 0. The van der Waals surface area contributed by atoms with Crippen LogP contribution in [0.1, 0.15) is 0 Å². The maximum Gasteiger partial charge on any atom is 0.334 e. The van der Waals surface area contributed by atoms with Crippen LogP contribution in [0.4, 0.5) is 10.5 Å². The number of carboxylic acids is 1. The van der Waals surface area contributed by atoms with E-state index in [1.807, 2.05) is 12.1 Å². The molecule has 0 radical (unpaired) electrons. The number of ether oxygens (including phenoxy) is 1. The van der Waals surface area contributed by atoms with Gasteiger partial charge in [0.25, 0.3) is 0 Å². The lowest BCUT2D eigenvalue weighted by atomic mass is 10.2. The third-order valence-corrected chi connectivity index (χ3v) is 2.87. The second kappa shape index (κ2) is 6.67. The molecule has 0 aliphatic carbocycles. The minimum absolute atomic E-state index is 0.118. The monoisotopic (exact) mass is 289 g/mol. The summed E-state index contributed by atoms with van der Waals surface area (Å²) in [6, 6.07) is 8.49. The summed E-state index contributed by atoms with van der Waals surface area (Å²) in [6.45, 7) is -0.118. The average molecular weight is 289 g/mol. The van der Waals surface area contributed by atoms with Gasteiger partial charge in [-0.15, -0.1) is 0 Å². The minimum atomic E-state index is -1.13. The molecule has 0 bridgehead atoms. The fourth-order valence-electron chi connectivity index (χ4n) is 1.79. The van der Waals surface area contributed by atoms with E-state index in [2.05, 4.69) is 15.6 Å². The summed E-state index contributed by atoms with van der Waals surface area (Å²) in [5.41, 5.74) is 1.42. The van der Waals surface area contributed by atoms with Crippen LogP contribution in [0.3, 0.4) is 0 Å². The van der Waals surface area contributed by atoms with Gasteiger partial charge < -0.3 is 20.5 Å². The molecule has 1 aromatic heterocycles. The summed E-state index contributed by atoms with van der Waals surface area (Å²) in [5.74, 6) is -1.13. The predicted molar refractivity (Wildman–Crippen MR) is 77.2 cm³/mol. The van der Waals surface area contributed by atoms with Crippen molar-refractivity contribution in [3.63, 3.8) is 0 Å². The van der Waals surface area contributed by atoms with Gasteiger partial charge in [-0.2, -0.15) is 0 Å². The van der Waals surface area contributed by atoms with Crippen LogP contribution in [0.25, 0.3) is 10.9 Å². The highest BCUT2D eigenvalue weighted by Gasteiger charge is 2.17. The smallest absolute Gasteiger partial charge is 0.334 e. The molecular formula is C14H15N3O4. The molecule has 0 aliphatic rings. The van der Waals surface area contributed by atoms with Gasteiger partial charge in [-0.1, -0.05) is 6.07 Å². The van der Waals surface area contributed by atoms with Gasteiger partial charge in [0.2, 0.25) is 0 Å². The number of benzene rings is 1. The number of nitrogens with zero attached hydrogens (tertiary/aromatic N) is 1. The summed E-state index contributed by atoms with van der Waals surface area (Å²) in [4.78, 5) is 26.6. The maximum absolute atomic E-state index is 11.7. The Bertz CT molecular complexity index is 659. The van der Waals surface area contributed by atoms with Crippen molar-refractivity contribution in [2.45, 2.75) is 6.10 Å². The Hall–Kier alpha value is -2.67. The van der Waals surface area contributed by atoms with Gasteiger partial charge in [0.05, 0.1) is 12.1 Å². The predicted octanol–water partition coefficient (Wildman–Crippen LogP) is 1.46. The van der Waals surface area contributed by atoms with Crippen LogP contribution >= 0.6 is 0 Å². The number of rotatable bonds is 5. The SMILES string of the molecule is COC(CNC(=O)Nc1ccc2ncccc2c1)C(=O)O. The van der Waals surface area contributed by atoms with Crippen LogP contribution in [0, 0.1) is 0 Å². The first-order valence-corrected chi connectivity index (χ1v) is 6.25. The van der Waals surface area contributed by atoms with Crippen molar-refractivity contribution in [1.82, 2.24) is 10.3 Å². The quantitative estimate of drug-likeness (QED) is 0.773. The van der Waals surface area contributed by atoms with E-state index in [-0.39, 0.29) is 6.54 Å². The number of hydrogen-bond acceptors (Lipinski definition) is 4. The van der Waals surface area contributed by atoms with E-state index >= 15 is 0 Å². The van der Waals surface area contributed by atoms with Crippen LogP contribution in [0.15, 0.2) is 36.5 Å². The number of carboxylic acid groups (broad SMARTS) is 1. The lowest BCUT2D eigenvalue weighted by Gasteiger charge is -2.12. The molecule has 1 aromatic carbocycles. The van der Waals surface area contributed by atoms with Crippen LogP contribution in [0.2, 0.25) is 0 Å². The number of carbonyl (C=O) groups is 2. The lowest BCUT2D eigenvalue weighted by molar-refractivity contribution is -0.147. The van der Waals surface area contributed by atoms with Crippen molar-refractivity contribution in [1.29, 1.82) is 0 Å². The normalized spacial score (nSPS) is 11.9. The molecule has 2 amide bonds. The third kappa shape index (κ3) is 3.90. The number of nitrogens with one attached hydrogen (secondary N) is 2. The number of fused-ring (bicyclic) bond motifs is 1. The zero-order valence-corrected chi connectivity index (χ0v) is 11.4. The molecule has 0 spiro atoms. The van der Waals surface area contributed by atoms with E-state index in [1.54, 1.807) is 24.4 Å². The highest BCUT2D eigenvalue weighted by atomic mass is 16.5. The number of anilines is 1. The third-order valence-electron chi connectivity index (χ3n) is 2.87. The first-order chi connectivity index (χ1) is 10.1. The maximum atomic E-state index is 11.7. The summed E-state index contributed by atoms with van der Waals surface area (Å²) in [7, 11) is 1.27. The summed E-state index contributed by atoms with van der Waals surface area (Å²) < 4.78 is 4.72. The van der Waals surface area contributed by atoms with Gasteiger partial charge in [0.1, 0.15) is 0 Å². The largest absolute Gasteiger partial charge is 0.479 e. The topological polar surface area (TPSA) is 101 Å². The number of hydrogen-bond donors (Lipinski definition) is 3. The highest BCUT2D eigenvalue weighted by Crippen LogP contribution is 2.16. The molecule has 3 N–H and O–H groups in total. The molecule has 2 aromatic rings. The molecule has 0 saturated carbocycles. The zero-order valence-electron chi connectivity index (χ0n) is 11.4. The molecule has 0 aliphatic heterocycles. The summed E-state index contributed by atoms with van der Waals surface area (Å²) in [5, 5.41) is 14.8. The molecule has 1 atom stereocenters. The lowest BCUT2D eigenvalue weighted by Crippen LogP contribution is -2.39.